The maximum atomic E-state index is 12.1. The van der Waals surface area contributed by atoms with E-state index in [0.717, 1.165) is 0 Å². The molecule has 1 saturated heterocycles. The molecule has 21 heavy (non-hydrogen) atoms. The molecule has 0 aromatic carbocycles. The van der Waals surface area contributed by atoms with E-state index in [0.29, 0.717) is 25.0 Å². The molecule has 1 aliphatic rings. The van der Waals surface area contributed by atoms with Crippen molar-refractivity contribution in [3.63, 3.8) is 0 Å². The quantitative estimate of drug-likeness (QED) is 0.770. The highest BCUT2D eigenvalue weighted by atomic mass is 32.2. The highest BCUT2D eigenvalue weighted by Crippen LogP contribution is 2.23. The van der Waals surface area contributed by atoms with Gasteiger partial charge in [0, 0.05) is 6.54 Å². The molecule has 1 atom stereocenters. The maximum absolute atomic E-state index is 12.1. The second kappa shape index (κ2) is 6.05. The van der Waals surface area contributed by atoms with Gasteiger partial charge < -0.3 is 4.52 Å². The van der Waals surface area contributed by atoms with Gasteiger partial charge in [0.25, 0.3) is 0 Å². The number of hydrogen-bond acceptors (Lipinski definition) is 6. The molecule has 2 heterocycles. The summed E-state index contributed by atoms with van der Waals surface area (Å²) in [5.41, 5.74) is 0.335. The Balaban J connectivity index is 1.84. The van der Waals surface area contributed by atoms with Crippen LogP contribution in [-0.4, -0.2) is 40.0 Å². The Morgan fingerprint density at radius 2 is 2.10 bits per heavy atom. The number of sulfonamides is 1. The molecular formula is C12H20N2O5S2. The van der Waals surface area contributed by atoms with Crippen LogP contribution in [0.5, 0.6) is 0 Å². The van der Waals surface area contributed by atoms with E-state index in [-0.39, 0.29) is 34.6 Å². The Hall–Kier alpha value is -0.930. The smallest absolute Gasteiger partial charge is 0.245 e. The van der Waals surface area contributed by atoms with Crippen LogP contribution in [0.25, 0.3) is 0 Å². The molecule has 0 aliphatic carbocycles. The Morgan fingerprint density at radius 3 is 2.62 bits per heavy atom. The lowest BCUT2D eigenvalue weighted by atomic mass is 10.0. The van der Waals surface area contributed by atoms with Gasteiger partial charge in [0.1, 0.15) is 10.6 Å². The van der Waals surface area contributed by atoms with E-state index in [1.807, 2.05) is 0 Å². The summed E-state index contributed by atoms with van der Waals surface area (Å²) < 4.78 is 54.3. The van der Waals surface area contributed by atoms with Crippen molar-refractivity contribution in [3.8, 4) is 0 Å². The van der Waals surface area contributed by atoms with Crippen molar-refractivity contribution in [2.75, 3.05) is 18.1 Å². The van der Waals surface area contributed by atoms with Crippen molar-refractivity contribution in [1.29, 1.82) is 0 Å². The lowest BCUT2D eigenvalue weighted by Crippen LogP contribution is -2.26. The van der Waals surface area contributed by atoms with Crippen molar-refractivity contribution >= 4 is 19.9 Å². The van der Waals surface area contributed by atoms with Gasteiger partial charge in [-0.05, 0) is 39.0 Å². The third kappa shape index (κ3) is 4.04. The zero-order chi connectivity index (χ0) is 15.7. The Kier molecular flexibility index (Phi) is 4.74. The van der Waals surface area contributed by atoms with Gasteiger partial charge in [0.05, 0.1) is 11.5 Å². The molecule has 2 rings (SSSR count). The first-order valence-electron chi connectivity index (χ1n) is 6.84. The molecule has 0 spiro atoms. The van der Waals surface area contributed by atoms with Crippen molar-refractivity contribution in [1.82, 2.24) is 9.88 Å². The molecule has 0 saturated carbocycles. The van der Waals surface area contributed by atoms with Crippen molar-refractivity contribution in [2.24, 2.45) is 5.92 Å². The fourth-order valence-electron chi connectivity index (χ4n) is 2.63. The highest BCUT2D eigenvalue weighted by molar-refractivity contribution is 7.91. The van der Waals surface area contributed by atoms with Crippen molar-refractivity contribution < 1.29 is 21.4 Å². The lowest BCUT2D eigenvalue weighted by molar-refractivity contribution is 0.390. The summed E-state index contributed by atoms with van der Waals surface area (Å²) in [5.74, 6) is 0.895. The summed E-state index contributed by atoms with van der Waals surface area (Å²) in [6.45, 7) is 3.41. The standard InChI is InChI=1S/C12H20N2O5S2/c1-9-12(10(2)19-14-9)21(17,18)13-6-3-4-11-5-7-20(15,16)8-11/h11,13H,3-8H2,1-2H3. The summed E-state index contributed by atoms with van der Waals surface area (Å²) in [7, 11) is -6.49. The number of rotatable bonds is 6. The first-order chi connectivity index (χ1) is 9.71. The Labute approximate surface area is 125 Å². The van der Waals surface area contributed by atoms with Gasteiger partial charge in [-0.15, -0.1) is 0 Å². The van der Waals surface area contributed by atoms with E-state index in [2.05, 4.69) is 9.88 Å². The van der Waals surface area contributed by atoms with E-state index in [1.54, 1.807) is 13.8 Å². The number of nitrogens with one attached hydrogen (secondary N) is 1. The average Bonchev–Trinajstić information content (AvgIpc) is 2.88. The molecule has 7 nitrogen and oxygen atoms in total. The van der Waals surface area contributed by atoms with Crippen LogP contribution in [0.2, 0.25) is 0 Å². The lowest BCUT2D eigenvalue weighted by Gasteiger charge is -2.09. The third-order valence-corrected chi connectivity index (χ3v) is 7.19. The molecule has 1 aliphatic heterocycles. The van der Waals surface area contributed by atoms with E-state index in [4.69, 9.17) is 4.52 Å². The third-order valence-electron chi connectivity index (χ3n) is 3.64. The highest BCUT2D eigenvalue weighted by Gasteiger charge is 2.28. The van der Waals surface area contributed by atoms with Gasteiger partial charge in [-0.1, -0.05) is 5.16 Å². The molecule has 0 amide bonds. The van der Waals surface area contributed by atoms with Crippen LogP contribution in [0.15, 0.2) is 9.42 Å². The fraction of sp³-hybridized carbons (Fsp3) is 0.750. The summed E-state index contributed by atoms with van der Waals surface area (Å²) >= 11 is 0. The number of aromatic nitrogens is 1. The summed E-state index contributed by atoms with van der Waals surface area (Å²) in [5, 5.41) is 3.63. The van der Waals surface area contributed by atoms with Crippen LogP contribution >= 0.6 is 0 Å². The van der Waals surface area contributed by atoms with Gasteiger partial charge in [-0.3, -0.25) is 0 Å². The number of sulfone groups is 1. The average molecular weight is 336 g/mol. The minimum atomic E-state index is -3.62. The van der Waals surface area contributed by atoms with Crippen LogP contribution in [0.3, 0.4) is 0 Å². The normalized spacial score (nSPS) is 21.7. The minimum absolute atomic E-state index is 0.0888. The van der Waals surface area contributed by atoms with Crippen LogP contribution in [0, 0.1) is 19.8 Å². The second-order valence-electron chi connectivity index (χ2n) is 5.46. The summed E-state index contributed by atoms with van der Waals surface area (Å²) in [4.78, 5) is 0.0888. The van der Waals surface area contributed by atoms with Gasteiger partial charge in [0.2, 0.25) is 10.0 Å². The largest absolute Gasteiger partial charge is 0.360 e. The summed E-state index contributed by atoms with van der Waals surface area (Å²) in [6, 6.07) is 0. The van der Waals surface area contributed by atoms with Crippen LogP contribution < -0.4 is 4.72 Å². The predicted molar refractivity (Wildman–Crippen MR) is 77.2 cm³/mol. The predicted octanol–water partition coefficient (Wildman–Crippen LogP) is 0.785. The fourth-order valence-corrected chi connectivity index (χ4v) is 5.94. The summed E-state index contributed by atoms with van der Waals surface area (Å²) in [6.07, 6.45) is 2.01. The van der Waals surface area contributed by atoms with Crippen molar-refractivity contribution in [3.05, 3.63) is 11.5 Å². The van der Waals surface area contributed by atoms with E-state index in [1.165, 1.54) is 0 Å². The number of aryl methyl sites for hydroxylation is 2. The molecule has 0 bridgehead atoms. The van der Waals surface area contributed by atoms with E-state index in [9.17, 15) is 16.8 Å². The Morgan fingerprint density at radius 1 is 1.38 bits per heavy atom. The van der Waals surface area contributed by atoms with Gasteiger partial charge in [0.15, 0.2) is 15.6 Å². The molecule has 0 radical (unpaired) electrons. The Bertz CT molecular complexity index is 687. The van der Waals surface area contributed by atoms with Crippen LogP contribution in [0.4, 0.5) is 0 Å². The topological polar surface area (TPSA) is 106 Å². The van der Waals surface area contributed by atoms with Crippen LogP contribution in [-0.2, 0) is 19.9 Å². The van der Waals surface area contributed by atoms with E-state index < -0.39 is 19.9 Å². The first kappa shape index (κ1) is 16.4. The number of hydrogen-bond donors (Lipinski definition) is 1. The zero-order valence-corrected chi connectivity index (χ0v) is 13.8. The SMILES string of the molecule is Cc1noc(C)c1S(=O)(=O)NCCCC1CCS(=O)(=O)C1. The molecule has 1 aromatic heterocycles. The first-order valence-corrected chi connectivity index (χ1v) is 10.1. The minimum Gasteiger partial charge on any atom is -0.360 e. The maximum Gasteiger partial charge on any atom is 0.245 e. The van der Waals surface area contributed by atoms with Gasteiger partial charge >= 0.3 is 0 Å². The van der Waals surface area contributed by atoms with Crippen LogP contribution in [0.1, 0.15) is 30.7 Å². The molecule has 120 valence electrons. The molecule has 1 aromatic rings. The molecule has 1 unspecified atom stereocenters. The molecular weight excluding hydrogens is 316 g/mol. The van der Waals surface area contributed by atoms with Crippen molar-refractivity contribution in [2.45, 2.75) is 38.0 Å². The molecule has 1 fully saturated rings. The van der Waals surface area contributed by atoms with E-state index >= 15 is 0 Å². The second-order valence-corrected chi connectivity index (χ2v) is 9.39. The molecule has 9 heteroatoms. The molecule has 1 N–H and O–H groups in total. The monoisotopic (exact) mass is 336 g/mol. The van der Waals surface area contributed by atoms with Gasteiger partial charge in [-0.2, -0.15) is 0 Å². The zero-order valence-electron chi connectivity index (χ0n) is 12.1. The number of nitrogens with zero attached hydrogens (tertiary/aromatic N) is 1. The van der Waals surface area contributed by atoms with Gasteiger partial charge in [-0.25, -0.2) is 21.6 Å².